The van der Waals surface area contributed by atoms with Gasteiger partial charge in [-0.3, -0.25) is 4.90 Å². The predicted molar refractivity (Wildman–Crippen MR) is 95.0 cm³/mol. The van der Waals surface area contributed by atoms with Gasteiger partial charge in [-0.1, -0.05) is 18.2 Å². The lowest BCUT2D eigenvalue weighted by atomic mass is 10.0. The topological polar surface area (TPSA) is 44.8 Å². The highest BCUT2D eigenvalue weighted by Crippen LogP contribution is 2.26. The molecule has 2 aliphatic heterocycles. The van der Waals surface area contributed by atoms with Crippen molar-refractivity contribution in [2.45, 2.75) is 37.8 Å². The average molecular weight is 349 g/mol. The van der Waals surface area contributed by atoms with Gasteiger partial charge in [-0.2, -0.15) is 0 Å². The Morgan fingerprint density at radius 2 is 1.92 bits per heavy atom. The van der Waals surface area contributed by atoms with Gasteiger partial charge in [0, 0.05) is 32.3 Å². The number of benzene rings is 1. The van der Waals surface area contributed by atoms with Crippen molar-refractivity contribution in [3.63, 3.8) is 0 Å². The largest absolute Gasteiger partial charge is 0.381 e. The number of hydrogen-bond donors (Lipinski definition) is 1. The van der Waals surface area contributed by atoms with Gasteiger partial charge in [-0.25, -0.2) is 9.18 Å². The minimum Gasteiger partial charge on any atom is -0.381 e. The van der Waals surface area contributed by atoms with E-state index in [9.17, 15) is 9.18 Å². The van der Waals surface area contributed by atoms with E-state index in [0.29, 0.717) is 25.2 Å². The van der Waals surface area contributed by atoms with E-state index < -0.39 is 0 Å². The maximum absolute atomic E-state index is 14.3. The number of halogens is 1. The molecule has 2 heterocycles. The van der Waals surface area contributed by atoms with Gasteiger partial charge < -0.3 is 15.0 Å². The summed E-state index contributed by atoms with van der Waals surface area (Å²) in [7, 11) is 1.72. The number of ether oxygens (including phenoxy) is 1. The Morgan fingerprint density at radius 1 is 1.24 bits per heavy atom. The normalized spacial score (nSPS) is 20.6. The summed E-state index contributed by atoms with van der Waals surface area (Å²) in [4.78, 5) is 16.6. The Kier molecular flexibility index (Phi) is 6.26. The summed E-state index contributed by atoms with van der Waals surface area (Å²) in [5.41, 5.74) is 0.669. The fourth-order valence-corrected chi connectivity index (χ4v) is 3.82. The lowest BCUT2D eigenvalue weighted by Crippen LogP contribution is -2.48. The zero-order chi connectivity index (χ0) is 17.6. The van der Waals surface area contributed by atoms with E-state index in [-0.39, 0.29) is 24.0 Å². The molecule has 0 radical (unpaired) electrons. The van der Waals surface area contributed by atoms with Crippen molar-refractivity contribution < 1.29 is 13.9 Å². The molecule has 0 bridgehead atoms. The van der Waals surface area contributed by atoms with Gasteiger partial charge in [0.05, 0.1) is 12.1 Å². The number of amides is 2. The molecule has 2 amide bonds. The van der Waals surface area contributed by atoms with Crippen molar-refractivity contribution in [3.8, 4) is 0 Å². The van der Waals surface area contributed by atoms with Gasteiger partial charge in [0.25, 0.3) is 0 Å². The van der Waals surface area contributed by atoms with Crippen molar-refractivity contribution in [2.75, 3.05) is 39.8 Å². The van der Waals surface area contributed by atoms with Gasteiger partial charge in [-0.05, 0) is 44.8 Å². The molecule has 5 nitrogen and oxygen atoms in total. The summed E-state index contributed by atoms with van der Waals surface area (Å²) in [5, 5.41) is 3.03. The van der Waals surface area contributed by atoms with Crippen molar-refractivity contribution in [2.24, 2.45) is 0 Å². The first-order valence-electron chi connectivity index (χ1n) is 9.23. The molecule has 2 aliphatic rings. The zero-order valence-corrected chi connectivity index (χ0v) is 14.9. The molecular formula is C19H28FN3O2. The standard InChI is InChI=1S/C19H28FN3O2/c1-25-15-8-12-23(13-9-15)19(24)21-14-18(22-10-4-5-11-22)16-6-2-3-7-17(16)20/h2-3,6-7,15,18H,4-5,8-14H2,1H3,(H,21,24)/t18-/m1/s1. The fraction of sp³-hybridized carbons (Fsp3) is 0.632. The molecule has 6 heteroatoms. The van der Waals surface area contributed by atoms with Crippen LogP contribution in [0.4, 0.5) is 9.18 Å². The Hall–Kier alpha value is -1.66. The van der Waals surface area contributed by atoms with E-state index in [2.05, 4.69) is 10.2 Å². The number of carbonyl (C=O) groups excluding carboxylic acids is 1. The molecule has 138 valence electrons. The minimum atomic E-state index is -0.199. The van der Waals surface area contributed by atoms with Crippen LogP contribution in [0.15, 0.2) is 24.3 Å². The number of piperidine rings is 1. The van der Waals surface area contributed by atoms with E-state index in [4.69, 9.17) is 4.74 Å². The lowest BCUT2D eigenvalue weighted by molar-refractivity contribution is 0.0501. The second kappa shape index (κ2) is 8.63. The predicted octanol–water partition coefficient (Wildman–Crippen LogP) is 2.78. The van der Waals surface area contributed by atoms with E-state index in [1.807, 2.05) is 17.0 Å². The Morgan fingerprint density at radius 3 is 2.56 bits per heavy atom. The second-order valence-corrected chi connectivity index (χ2v) is 6.89. The smallest absolute Gasteiger partial charge is 0.317 e. The van der Waals surface area contributed by atoms with E-state index in [1.165, 1.54) is 6.07 Å². The van der Waals surface area contributed by atoms with E-state index in [0.717, 1.165) is 38.8 Å². The number of carbonyl (C=O) groups is 1. The van der Waals surface area contributed by atoms with Crippen LogP contribution in [0, 0.1) is 5.82 Å². The third-order valence-corrected chi connectivity index (χ3v) is 5.35. The monoisotopic (exact) mass is 349 g/mol. The van der Waals surface area contributed by atoms with Gasteiger partial charge in [0.2, 0.25) is 0 Å². The summed E-state index contributed by atoms with van der Waals surface area (Å²) in [5.74, 6) is -0.199. The third-order valence-electron chi connectivity index (χ3n) is 5.35. The molecule has 0 spiro atoms. The molecule has 0 aromatic heterocycles. The van der Waals surface area contributed by atoms with Crippen LogP contribution < -0.4 is 5.32 Å². The number of nitrogens with zero attached hydrogens (tertiary/aromatic N) is 2. The van der Waals surface area contributed by atoms with Crippen LogP contribution in [0.1, 0.15) is 37.3 Å². The van der Waals surface area contributed by atoms with Gasteiger partial charge >= 0.3 is 6.03 Å². The van der Waals surface area contributed by atoms with Crippen LogP contribution in [0.5, 0.6) is 0 Å². The number of methoxy groups -OCH3 is 1. The first-order valence-corrected chi connectivity index (χ1v) is 9.23. The highest BCUT2D eigenvalue weighted by molar-refractivity contribution is 5.74. The molecule has 25 heavy (non-hydrogen) atoms. The van der Waals surface area contributed by atoms with Crippen LogP contribution in [-0.2, 0) is 4.74 Å². The average Bonchev–Trinajstić information content (AvgIpc) is 3.17. The maximum atomic E-state index is 14.3. The Bertz CT molecular complexity index is 570. The zero-order valence-electron chi connectivity index (χ0n) is 14.9. The highest BCUT2D eigenvalue weighted by atomic mass is 19.1. The first kappa shape index (κ1) is 18.1. The number of urea groups is 1. The number of nitrogens with one attached hydrogen (secondary N) is 1. The summed E-state index contributed by atoms with van der Waals surface area (Å²) in [6.45, 7) is 3.75. The molecule has 1 aromatic rings. The summed E-state index contributed by atoms with van der Waals surface area (Å²) in [6.07, 6.45) is 4.24. The van der Waals surface area contributed by atoms with Gasteiger partial charge in [0.1, 0.15) is 5.82 Å². The quantitative estimate of drug-likeness (QED) is 0.889. The van der Waals surface area contributed by atoms with Crippen LogP contribution in [-0.4, -0.2) is 61.8 Å². The van der Waals surface area contributed by atoms with E-state index in [1.54, 1.807) is 13.2 Å². The maximum Gasteiger partial charge on any atom is 0.317 e. The van der Waals surface area contributed by atoms with Crippen LogP contribution in [0.25, 0.3) is 0 Å². The van der Waals surface area contributed by atoms with Gasteiger partial charge in [0.15, 0.2) is 0 Å². The van der Waals surface area contributed by atoms with Crippen molar-refractivity contribution in [3.05, 3.63) is 35.6 Å². The molecule has 1 N–H and O–H groups in total. The highest BCUT2D eigenvalue weighted by Gasteiger charge is 2.28. The lowest BCUT2D eigenvalue weighted by Gasteiger charge is -2.33. The van der Waals surface area contributed by atoms with Crippen molar-refractivity contribution in [1.82, 2.24) is 15.1 Å². The first-order chi connectivity index (χ1) is 12.2. The molecule has 2 fully saturated rings. The molecule has 1 aromatic carbocycles. The summed E-state index contributed by atoms with van der Waals surface area (Å²) < 4.78 is 19.6. The van der Waals surface area contributed by atoms with Crippen molar-refractivity contribution in [1.29, 1.82) is 0 Å². The van der Waals surface area contributed by atoms with Crippen molar-refractivity contribution >= 4 is 6.03 Å². The Labute approximate surface area is 149 Å². The SMILES string of the molecule is COC1CCN(C(=O)NC[C@H](c2ccccc2F)N2CCCC2)CC1. The minimum absolute atomic E-state index is 0.0601. The van der Waals surface area contributed by atoms with Crippen LogP contribution in [0.3, 0.4) is 0 Å². The molecule has 2 saturated heterocycles. The number of likely N-dealkylation sites (tertiary alicyclic amines) is 2. The number of rotatable bonds is 5. The molecule has 0 unspecified atom stereocenters. The summed E-state index contributed by atoms with van der Waals surface area (Å²) >= 11 is 0. The van der Waals surface area contributed by atoms with Gasteiger partial charge in [-0.15, -0.1) is 0 Å². The molecule has 0 aliphatic carbocycles. The Balaban J connectivity index is 1.61. The van der Waals surface area contributed by atoms with Crippen LogP contribution in [0.2, 0.25) is 0 Å². The fourth-order valence-electron chi connectivity index (χ4n) is 3.82. The third kappa shape index (κ3) is 4.50. The molecule has 0 saturated carbocycles. The van der Waals surface area contributed by atoms with Crippen LogP contribution >= 0.6 is 0 Å². The molecule has 1 atom stereocenters. The van der Waals surface area contributed by atoms with E-state index >= 15 is 0 Å². The molecule has 3 rings (SSSR count). The number of hydrogen-bond acceptors (Lipinski definition) is 3. The molecular weight excluding hydrogens is 321 g/mol. The second-order valence-electron chi connectivity index (χ2n) is 6.89. The summed E-state index contributed by atoms with van der Waals surface area (Å²) in [6, 6.07) is 6.72.